The number of fused-ring (bicyclic) bond motifs is 1. The molecular formula is C16H14FNO. The Bertz CT molecular complexity index is 621. The summed E-state index contributed by atoms with van der Waals surface area (Å²) in [6.45, 7) is 2.03. The zero-order valence-corrected chi connectivity index (χ0v) is 10.6. The molecule has 1 aliphatic rings. The smallest absolute Gasteiger partial charge is 0.258 e. The minimum atomic E-state index is -0.327. The van der Waals surface area contributed by atoms with Crippen molar-refractivity contribution in [3.05, 3.63) is 65.5 Å². The van der Waals surface area contributed by atoms with Gasteiger partial charge in [0, 0.05) is 17.3 Å². The zero-order valence-electron chi connectivity index (χ0n) is 10.6. The largest absolute Gasteiger partial charge is 0.305 e. The molecule has 3 rings (SSSR count). The molecule has 2 aromatic carbocycles. The second kappa shape index (κ2) is 4.50. The second-order valence-corrected chi connectivity index (χ2v) is 4.86. The van der Waals surface area contributed by atoms with Gasteiger partial charge in [-0.05, 0) is 49.2 Å². The molecule has 0 radical (unpaired) electrons. The van der Waals surface area contributed by atoms with Crippen LogP contribution < -0.4 is 4.90 Å². The summed E-state index contributed by atoms with van der Waals surface area (Å²) in [6.07, 6.45) is 0.864. The topological polar surface area (TPSA) is 20.3 Å². The van der Waals surface area contributed by atoms with E-state index in [1.54, 1.807) is 4.90 Å². The summed E-state index contributed by atoms with van der Waals surface area (Å²) in [4.78, 5) is 14.3. The molecule has 1 aliphatic heterocycles. The van der Waals surface area contributed by atoms with E-state index in [0.29, 0.717) is 5.56 Å². The molecule has 0 saturated heterocycles. The van der Waals surface area contributed by atoms with Crippen molar-refractivity contribution in [2.24, 2.45) is 0 Å². The van der Waals surface area contributed by atoms with E-state index in [2.05, 4.69) is 0 Å². The SMILES string of the molecule is C[C@H]1Cc2ccccc2N1C(=O)c1ccc(F)cc1. The van der Waals surface area contributed by atoms with E-state index in [9.17, 15) is 9.18 Å². The summed E-state index contributed by atoms with van der Waals surface area (Å²) < 4.78 is 12.9. The molecule has 3 heteroatoms. The number of halogens is 1. The summed E-state index contributed by atoms with van der Waals surface area (Å²) in [5.74, 6) is -0.399. The maximum Gasteiger partial charge on any atom is 0.258 e. The lowest BCUT2D eigenvalue weighted by molar-refractivity contribution is 0.0981. The van der Waals surface area contributed by atoms with Crippen LogP contribution in [0, 0.1) is 5.82 Å². The number of benzene rings is 2. The van der Waals surface area contributed by atoms with Gasteiger partial charge in [-0.25, -0.2) is 4.39 Å². The summed E-state index contributed by atoms with van der Waals surface area (Å²) in [5, 5.41) is 0. The third kappa shape index (κ3) is 2.01. The lowest BCUT2D eigenvalue weighted by Gasteiger charge is -2.22. The Balaban J connectivity index is 1.98. The van der Waals surface area contributed by atoms with Crippen LogP contribution in [0.2, 0.25) is 0 Å². The fraction of sp³-hybridized carbons (Fsp3) is 0.188. The maximum atomic E-state index is 12.9. The van der Waals surface area contributed by atoms with Gasteiger partial charge in [0.15, 0.2) is 0 Å². The van der Waals surface area contributed by atoms with E-state index >= 15 is 0 Å². The highest BCUT2D eigenvalue weighted by molar-refractivity contribution is 6.07. The van der Waals surface area contributed by atoms with Crippen molar-refractivity contribution in [2.45, 2.75) is 19.4 Å². The first kappa shape index (κ1) is 11.9. The fourth-order valence-electron chi connectivity index (χ4n) is 2.61. The number of hydrogen-bond acceptors (Lipinski definition) is 1. The minimum absolute atomic E-state index is 0.0718. The molecule has 1 atom stereocenters. The molecule has 0 bridgehead atoms. The molecule has 1 heterocycles. The lowest BCUT2D eigenvalue weighted by atomic mass is 10.1. The first-order valence-electron chi connectivity index (χ1n) is 6.34. The molecule has 2 aromatic rings. The van der Waals surface area contributed by atoms with E-state index < -0.39 is 0 Å². The van der Waals surface area contributed by atoms with Gasteiger partial charge in [-0.2, -0.15) is 0 Å². The number of carbonyl (C=O) groups is 1. The Morgan fingerprint density at radius 1 is 1.16 bits per heavy atom. The highest BCUT2D eigenvalue weighted by atomic mass is 19.1. The highest BCUT2D eigenvalue weighted by Crippen LogP contribution is 2.32. The Hall–Kier alpha value is -2.16. The Labute approximate surface area is 111 Å². The number of para-hydroxylation sites is 1. The molecule has 0 N–H and O–H groups in total. The summed E-state index contributed by atoms with van der Waals surface area (Å²) in [7, 11) is 0. The van der Waals surface area contributed by atoms with Crippen molar-refractivity contribution in [1.29, 1.82) is 0 Å². The van der Waals surface area contributed by atoms with Crippen molar-refractivity contribution in [1.82, 2.24) is 0 Å². The van der Waals surface area contributed by atoms with Gasteiger partial charge in [0.05, 0.1) is 0 Å². The third-order valence-electron chi connectivity index (χ3n) is 3.52. The number of amides is 1. The van der Waals surface area contributed by atoms with E-state index in [-0.39, 0.29) is 17.8 Å². The number of carbonyl (C=O) groups excluding carboxylic acids is 1. The van der Waals surface area contributed by atoms with E-state index in [0.717, 1.165) is 12.1 Å². The molecule has 19 heavy (non-hydrogen) atoms. The number of anilines is 1. The molecule has 1 amide bonds. The Kier molecular flexibility index (Phi) is 2.82. The average molecular weight is 255 g/mol. The van der Waals surface area contributed by atoms with Crippen LogP contribution in [0.4, 0.5) is 10.1 Å². The van der Waals surface area contributed by atoms with Gasteiger partial charge in [0.2, 0.25) is 0 Å². The van der Waals surface area contributed by atoms with E-state index in [1.807, 2.05) is 31.2 Å². The van der Waals surface area contributed by atoms with Crippen molar-refractivity contribution < 1.29 is 9.18 Å². The van der Waals surface area contributed by atoms with Gasteiger partial charge >= 0.3 is 0 Å². The van der Waals surface area contributed by atoms with Gasteiger partial charge in [0.1, 0.15) is 5.82 Å². The first-order valence-corrected chi connectivity index (χ1v) is 6.34. The predicted molar refractivity (Wildman–Crippen MR) is 72.8 cm³/mol. The van der Waals surface area contributed by atoms with Crippen LogP contribution in [-0.4, -0.2) is 11.9 Å². The third-order valence-corrected chi connectivity index (χ3v) is 3.52. The minimum Gasteiger partial charge on any atom is -0.305 e. The van der Waals surface area contributed by atoms with Crippen LogP contribution in [0.5, 0.6) is 0 Å². The van der Waals surface area contributed by atoms with Crippen molar-refractivity contribution in [2.75, 3.05) is 4.90 Å². The van der Waals surface area contributed by atoms with Crippen LogP contribution >= 0.6 is 0 Å². The van der Waals surface area contributed by atoms with E-state index in [1.165, 1.54) is 29.8 Å². The van der Waals surface area contributed by atoms with Crippen LogP contribution in [0.15, 0.2) is 48.5 Å². The molecule has 0 unspecified atom stereocenters. The fourth-order valence-corrected chi connectivity index (χ4v) is 2.61. The van der Waals surface area contributed by atoms with Crippen LogP contribution in [0.3, 0.4) is 0 Å². The summed E-state index contributed by atoms with van der Waals surface area (Å²) >= 11 is 0. The van der Waals surface area contributed by atoms with Gasteiger partial charge < -0.3 is 4.90 Å². The number of nitrogens with zero attached hydrogens (tertiary/aromatic N) is 1. The van der Waals surface area contributed by atoms with Gasteiger partial charge in [-0.15, -0.1) is 0 Å². The van der Waals surface area contributed by atoms with Gasteiger partial charge in [-0.3, -0.25) is 4.79 Å². The number of rotatable bonds is 1. The molecule has 0 aliphatic carbocycles. The van der Waals surface area contributed by atoms with Crippen LogP contribution in [0.25, 0.3) is 0 Å². The molecule has 2 nitrogen and oxygen atoms in total. The highest BCUT2D eigenvalue weighted by Gasteiger charge is 2.30. The molecular weight excluding hydrogens is 241 g/mol. The second-order valence-electron chi connectivity index (χ2n) is 4.86. The summed E-state index contributed by atoms with van der Waals surface area (Å²) in [5.41, 5.74) is 2.67. The predicted octanol–water partition coefficient (Wildman–Crippen LogP) is 3.42. The standard InChI is InChI=1S/C16H14FNO/c1-11-10-13-4-2-3-5-15(13)18(11)16(19)12-6-8-14(17)9-7-12/h2-9,11H,10H2,1H3/t11-/m0/s1. The maximum absolute atomic E-state index is 12.9. The van der Waals surface area contributed by atoms with Gasteiger partial charge in [0.25, 0.3) is 5.91 Å². The molecule has 0 spiro atoms. The molecule has 0 fully saturated rings. The Morgan fingerprint density at radius 2 is 1.84 bits per heavy atom. The number of hydrogen-bond donors (Lipinski definition) is 0. The van der Waals surface area contributed by atoms with Crippen LogP contribution in [-0.2, 0) is 6.42 Å². The molecule has 0 aromatic heterocycles. The average Bonchev–Trinajstić information content (AvgIpc) is 2.74. The molecule has 96 valence electrons. The Morgan fingerprint density at radius 3 is 2.58 bits per heavy atom. The zero-order chi connectivity index (χ0) is 13.4. The monoisotopic (exact) mass is 255 g/mol. The lowest BCUT2D eigenvalue weighted by Crippen LogP contribution is -2.35. The van der Waals surface area contributed by atoms with Crippen molar-refractivity contribution >= 4 is 11.6 Å². The van der Waals surface area contributed by atoms with Gasteiger partial charge in [-0.1, -0.05) is 18.2 Å². The van der Waals surface area contributed by atoms with Crippen LogP contribution in [0.1, 0.15) is 22.8 Å². The normalized spacial score (nSPS) is 17.4. The quantitative estimate of drug-likeness (QED) is 0.764. The van der Waals surface area contributed by atoms with Crippen molar-refractivity contribution in [3.8, 4) is 0 Å². The molecule has 0 saturated carbocycles. The summed E-state index contributed by atoms with van der Waals surface area (Å²) in [6, 6.07) is 13.8. The van der Waals surface area contributed by atoms with E-state index in [4.69, 9.17) is 0 Å². The van der Waals surface area contributed by atoms with Crippen molar-refractivity contribution in [3.63, 3.8) is 0 Å². The first-order chi connectivity index (χ1) is 9.16.